The molecule has 0 spiro atoms. The average Bonchev–Trinajstić information content (AvgIpc) is 2.35. The summed E-state index contributed by atoms with van der Waals surface area (Å²) in [5.41, 5.74) is 0.101. The molecule has 0 aliphatic heterocycles. The highest BCUT2D eigenvalue weighted by atomic mass is 19.2. The molecule has 1 N–H and O–H groups in total. The standard InChI is InChI=1S/C12H9F3N2O/c1-2-7-11(16-5-17-12(7)18)6-3-8(13)10(15)9(14)4-6/h3-5H,2H2,1H3,(H,16,17,18). The van der Waals surface area contributed by atoms with Gasteiger partial charge in [-0.1, -0.05) is 6.92 Å². The Balaban J connectivity index is 2.70. The second-order valence-corrected chi connectivity index (χ2v) is 3.67. The maximum Gasteiger partial charge on any atom is 0.254 e. The molecule has 18 heavy (non-hydrogen) atoms. The van der Waals surface area contributed by atoms with Crippen LogP contribution in [0, 0.1) is 17.5 Å². The summed E-state index contributed by atoms with van der Waals surface area (Å²) in [6, 6.07) is 1.64. The molecule has 1 aromatic heterocycles. The van der Waals surface area contributed by atoms with Crippen LogP contribution in [-0.4, -0.2) is 9.97 Å². The lowest BCUT2D eigenvalue weighted by Crippen LogP contribution is -2.14. The Bertz CT molecular complexity index is 629. The monoisotopic (exact) mass is 254 g/mol. The first-order valence-electron chi connectivity index (χ1n) is 5.26. The van der Waals surface area contributed by atoms with E-state index in [1.165, 1.54) is 0 Å². The Morgan fingerprint density at radius 2 is 1.83 bits per heavy atom. The molecule has 6 heteroatoms. The van der Waals surface area contributed by atoms with Crippen molar-refractivity contribution in [3.8, 4) is 11.3 Å². The molecule has 3 nitrogen and oxygen atoms in total. The fourth-order valence-corrected chi connectivity index (χ4v) is 1.70. The Kier molecular flexibility index (Phi) is 3.18. The Morgan fingerprint density at radius 1 is 1.22 bits per heavy atom. The van der Waals surface area contributed by atoms with Crippen LogP contribution in [-0.2, 0) is 6.42 Å². The summed E-state index contributed by atoms with van der Waals surface area (Å²) in [7, 11) is 0. The van der Waals surface area contributed by atoms with E-state index >= 15 is 0 Å². The molecule has 0 unspecified atom stereocenters. The van der Waals surface area contributed by atoms with Gasteiger partial charge in [-0.3, -0.25) is 4.79 Å². The van der Waals surface area contributed by atoms with Gasteiger partial charge < -0.3 is 4.98 Å². The van der Waals surface area contributed by atoms with E-state index in [9.17, 15) is 18.0 Å². The molecule has 0 bridgehead atoms. The predicted octanol–water partition coefficient (Wildman–Crippen LogP) is 2.42. The number of hydrogen-bond acceptors (Lipinski definition) is 2. The minimum atomic E-state index is -1.54. The van der Waals surface area contributed by atoms with Crippen LogP contribution in [0.5, 0.6) is 0 Å². The van der Waals surface area contributed by atoms with Crippen molar-refractivity contribution in [2.75, 3.05) is 0 Å². The number of benzene rings is 1. The molecule has 0 fully saturated rings. The highest BCUT2D eigenvalue weighted by Gasteiger charge is 2.15. The first kappa shape index (κ1) is 12.3. The quantitative estimate of drug-likeness (QED) is 0.836. The minimum absolute atomic E-state index is 0.0364. The van der Waals surface area contributed by atoms with Crippen molar-refractivity contribution in [1.82, 2.24) is 9.97 Å². The average molecular weight is 254 g/mol. The van der Waals surface area contributed by atoms with Crippen LogP contribution in [0.25, 0.3) is 11.3 Å². The summed E-state index contributed by atoms with van der Waals surface area (Å²) in [5.74, 6) is -4.16. The van der Waals surface area contributed by atoms with Crippen LogP contribution >= 0.6 is 0 Å². The molecule has 1 heterocycles. The van der Waals surface area contributed by atoms with Crippen molar-refractivity contribution >= 4 is 0 Å². The van der Waals surface area contributed by atoms with Crippen molar-refractivity contribution in [1.29, 1.82) is 0 Å². The van der Waals surface area contributed by atoms with E-state index in [1.807, 2.05) is 0 Å². The second-order valence-electron chi connectivity index (χ2n) is 3.67. The van der Waals surface area contributed by atoms with Crippen LogP contribution in [0.15, 0.2) is 23.3 Å². The van der Waals surface area contributed by atoms with Gasteiger partial charge in [-0.05, 0) is 18.6 Å². The zero-order valence-electron chi connectivity index (χ0n) is 9.43. The fraction of sp³-hybridized carbons (Fsp3) is 0.167. The van der Waals surface area contributed by atoms with Crippen molar-refractivity contribution in [3.63, 3.8) is 0 Å². The molecule has 0 radical (unpaired) electrons. The molecule has 0 saturated heterocycles. The van der Waals surface area contributed by atoms with E-state index in [-0.39, 0.29) is 16.8 Å². The lowest BCUT2D eigenvalue weighted by atomic mass is 10.0. The van der Waals surface area contributed by atoms with Crippen LogP contribution in [0.2, 0.25) is 0 Å². The van der Waals surface area contributed by atoms with Crippen molar-refractivity contribution in [2.45, 2.75) is 13.3 Å². The van der Waals surface area contributed by atoms with Gasteiger partial charge in [0, 0.05) is 11.1 Å². The first-order valence-corrected chi connectivity index (χ1v) is 5.26. The maximum atomic E-state index is 13.1. The molecular formula is C12H9F3N2O. The van der Waals surface area contributed by atoms with Crippen LogP contribution in [0.1, 0.15) is 12.5 Å². The lowest BCUT2D eigenvalue weighted by Gasteiger charge is -2.06. The molecule has 0 amide bonds. The summed E-state index contributed by atoms with van der Waals surface area (Å²) < 4.78 is 39.1. The molecule has 1 aromatic carbocycles. The number of rotatable bonds is 2. The van der Waals surface area contributed by atoms with Gasteiger partial charge in [-0.15, -0.1) is 0 Å². The topological polar surface area (TPSA) is 45.8 Å². The van der Waals surface area contributed by atoms with Crippen LogP contribution in [0.4, 0.5) is 13.2 Å². The number of hydrogen-bond donors (Lipinski definition) is 1. The summed E-state index contributed by atoms with van der Waals surface area (Å²) in [6.45, 7) is 1.71. The number of aromatic nitrogens is 2. The largest absolute Gasteiger partial charge is 0.313 e. The zero-order chi connectivity index (χ0) is 13.3. The number of nitrogens with one attached hydrogen (secondary N) is 1. The lowest BCUT2D eigenvalue weighted by molar-refractivity contribution is 0.447. The molecule has 2 rings (SSSR count). The third kappa shape index (κ3) is 2.01. The predicted molar refractivity (Wildman–Crippen MR) is 59.5 cm³/mol. The zero-order valence-corrected chi connectivity index (χ0v) is 9.43. The third-order valence-electron chi connectivity index (χ3n) is 2.56. The van der Waals surface area contributed by atoms with Crippen molar-refractivity contribution in [2.24, 2.45) is 0 Å². The third-order valence-corrected chi connectivity index (χ3v) is 2.56. The van der Waals surface area contributed by atoms with Crippen LogP contribution in [0.3, 0.4) is 0 Å². The van der Waals surface area contributed by atoms with Gasteiger partial charge in [-0.2, -0.15) is 0 Å². The molecule has 0 aliphatic carbocycles. The van der Waals surface area contributed by atoms with E-state index in [4.69, 9.17) is 0 Å². The molecule has 0 aliphatic rings. The number of halogens is 3. The minimum Gasteiger partial charge on any atom is -0.313 e. The Hall–Kier alpha value is -2.11. The number of nitrogens with zero attached hydrogens (tertiary/aromatic N) is 1. The van der Waals surface area contributed by atoms with E-state index in [0.717, 1.165) is 18.5 Å². The van der Waals surface area contributed by atoms with Gasteiger partial charge in [0.25, 0.3) is 5.56 Å². The summed E-state index contributed by atoms with van der Waals surface area (Å²) in [6.07, 6.45) is 1.48. The van der Waals surface area contributed by atoms with Gasteiger partial charge in [0.1, 0.15) is 0 Å². The molecule has 0 atom stereocenters. The van der Waals surface area contributed by atoms with Gasteiger partial charge in [-0.25, -0.2) is 18.2 Å². The second kappa shape index (κ2) is 4.64. The fourth-order valence-electron chi connectivity index (χ4n) is 1.70. The SMILES string of the molecule is CCc1c(-c2cc(F)c(F)c(F)c2)nc[nH]c1=O. The summed E-state index contributed by atoms with van der Waals surface area (Å²) in [5, 5.41) is 0. The van der Waals surface area contributed by atoms with Crippen LogP contribution < -0.4 is 5.56 Å². The number of H-pyrrole nitrogens is 1. The highest BCUT2D eigenvalue weighted by molar-refractivity contribution is 5.62. The normalized spacial score (nSPS) is 10.7. The molecule has 2 aromatic rings. The van der Waals surface area contributed by atoms with Crippen molar-refractivity contribution in [3.05, 3.63) is 51.8 Å². The van der Waals surface area contributed by atoms with Gasteiger partial charge in [0.05, 0.1) is 12.0 Å². The van der Waals surface area contributed by atoms with Gasteiger partial charge >= 0.3 is 0 Å². The van der Waals surface area contributed by atoms with Gasteiger partial charge in [0.2, 0.25) is 0 Å². The first-order chi connectivity index (χ1) is 8.54. The Labute approximate surface area is 100 Å². The van der Waals surface area contributed by atoms with E-state index < -0.39 is 17.5 Å². The molecular weight excluding hydrogens is 245 g/mol. The van der Waals surface area contributed by atoms with E-state index in [2.05, 4.69) is 9.97 Å². The summed E-state index contributed by atoms with van der Waals surface area (Å²) >= 11 is 0. The number of aromatic amines is 1. The molecule has 94 valence electrons. The Morgan fingerprint density at radius 3 is 2.39 bits per heavy atom. The van der Waals surface area contributed by atoms with Crippen molar-refractivity contribution < 1.29 is 13.2 Å². The summed E-state index contributed by atoms with van der Waals surface area (Å²) in [4.78, 5) is 17.8. The highest BCUT2D eigenvalue weighted by Crippen LogP contribution is 2.23. The maximum absolute atomic E-state index is 13.1. The molecule has 0 saturated carbocycles. The smallest absolute Gasteiger partial charge is 0.254 e. The van der Waals surface area contributed by atoms with E-state index in [1.54, 1.807) is 6.92 Å². The van der Waals surface area contributed by atoms with E-state index in [0.29, 0.717) is 12.0 Å². The van der Waals surface area contributed by atoms with Gasteiger partial charge in [0.15, 0.2) is 17.5 Å².